The fourth-order valence-electron chi connectivity index (χ4n) is 3.06. The van der Waals surface area contributed by atoms with Gasteiger partial charge in [-0.15, -0.1) is 4.57 Å². The number of ether oxygens (including phenoxy) is 1. The van der Waals surface area contributed by atoms with Gasteiger partial charge in [0.15, 0.2) is 5.65 Å². The summed E-state index contributed by atoms with van der Waals surface area (Å²) in [5, 5.41) is 2.84. The van der Waals surface area contributed by atoms with Crippen molar-refractivity contribution in [3.63, 3.8) is 0 Å². The fourth-order valence-corrected chi connectivity index (χ4v) is 3.06. The molecule has 0 spiro atoms. The molecule has 31 heavy (non-hydrogen) atoms. The van der Waals surface area contributed by atoms with Gasteiger partial charge in [0.05, 0.1) is 11.4 Å². The topological polar surface area (TPSA) is 85.8 Å². The molecule has 4 aromatic rings. The number of benzene rings is 2. The lowest BCUT2D eigenvalue weighted by Gasteiger charge is -2.12. The van der Waals surface area contributed by atoms with Crippen LogP contribution in [-0.2, 0) is 11.4 Å². The highest BCUT2D eigenvalue weighted by Gasteiger charge is 2.10. The van der Waals surface area contributed by atoms with Gasteiger partial charge in [-0.25, -0.2) is 4.98 Å². The molecule has 2 aromatic carbocycles. The molecule has 0 aliphatic rings. The number of aryl methyl sites for hydroxylation is 2. The van der Waals surface area contributed by atoms with Crippen LogP contribution in [0.25, 0.3) is 11.7 Å². The molecule has 0 fully saturated rings. The van der Waals surface area contributed by atoms with Gasteiger partial charge in [-0.1, -0.05) is 36.4 Å². The Labute approximate surface area is 178 Å². The first-order valence-electron chi connectivity index (χ1n) is 9.75. The Balaban J connectivity index is 1.50. The number of amides is 1. The number of carbonyl (C=O) groups is 1. The molecule has 2 aromatic heterocycles. The van der Waals surface area contributed by atoms with Crippen molar-refractivity contribution in [3.05, 3.63) is 99.7 Å². The third-order valence-corrected chi connectivity index (χ3v) is 4.52. The minimum absolute atomic E-state index is 0.0716. The molecule has 0 unspecified atom stereocenters. The summed E-state index contributed by atoms with van der Waals surface area (Å²) in [6.07, 6.45) is 3.21. The van der Waals surface area contributed by atoms with E-state index in [0.29, 0.717) is 28.5 Å². The zero-order valence-corrected chi connectivity index (χ0v) is 17.2. The van der Waals surface area contributed by atoms with Gasteiger partial charge < -0.3 is 14.6 Å². The summed E-state index contributed by atoms with van der Waals surface area (Å²) in [4.78, 5) is 29.0. The van der Waals surface area contributed by atoms with Crippen LogP contribution in [0, 0.1) is 13.8 Å². The summed E-state index contributed by atoms with van der Waals surface area (Å²) >= 11 is 0. The summed E-state index contributed by atoms with van der Waals surface area (Å²) in [5.41, 5.74) is 3.01. The second-order valence-electron chi connectivity index (χ2n) is 7.11. The monoisotopic (exact) mass is 415 g/mol. The first kappa shape index (κ1) is 20.2. The smallest absolute Gasteiger partial charge is 0.287 e. The SMILES string of the molecule is Cc1ccc(NC(=O)/C=C/c2ccccc2)c(OCc2cc(=O)n3oc(C)cc3n2)c1. The summed E-state index contributed by atoms with van der Waals surface area (Å²) in [7, 11) is 0. The van der Waals surface area contributed by atoms with Crippen molar-refractivity contribution in [2.45, 2.75) is 20.5 Å². The van der Waals surface area contributed by atoms with Crippen LogP contribution in [-0.4, -0.2) is 15.5 Å². The summed E-state index contributed by atoms with van der Waals surface area (Å²) in [6, 6.07) is 18.1. The van der Waals surface area contributed by atoms with Crippen LogP contribution < -0.4 is 15.6 Å². The second-order valence-corrected chi connectivity index (χ2v) is 7.11. The number of fused-ring (bicyclic) bond motifs is 1. The maximum absolute atomic E-state index is 12.4. The van der Waals surface area contributed by atoms with E-state index in [1.54, 1.807) is 25.1 Å². The van der Waals surface area contributed by atoms with Crippen molar-refractivity contribution < 1.29 is 14.1 Å². The highest BCUT2D eigenvalue weighted by Crippen LogP contribution is 2.26. The number of hydrogen-bond acceptors (Lipinski definition) is 5. The van der Waals surface area contributed by atoms with Gasteiger partial charge in [-0.3, -0.25) is 9.59 Å². The molecule has 1 amide bonds. The number of nitrogens with one attached hydrogen (secondary N) is 1. The third kappa shape index (κ3) is 4.90. The lowest BCUT2D eigenvalue weighted by molar-refractivity contribution is -0.111. The number of carbonyl (C=O) groups excluding carboxylic acids is 1. The zero-order valence-electron chi connectivity index (χ0n) is 17.2. The molecule has 0 saturated carbocycles. The molecule has 1 N–H and O–H groups in total. The molecule has 2 heterocycles. The number of nitrogens with zero attached hydrogens (tertiary/aromatic N) is 2. The van der Waals surface area contributed by atoms with Gasteiger partial charge in [0.25, 0.3) is 5.56 Å². The van der Waals surface area contributed by atoms with Gasteiger partial charge in [0.2, 0.25) is 5.91 Å². The van der Waals surface area contributed by atoms with E-state index >= 15 is 0 Å². The Morgan fingerprint density at radius 3 is 2.74 bits per heavy atom. The molecule has 156 valence electrons. The Kier molecular flexibility index (Phi) is 5.66. The number of hydrogen-bond donors (Lipinski definition) is 1. The maximum atomic E-state index is 12.4. The maximum Gasteiger partial charge on any atom is 0.287 e. The van der Waals surface area contributed by atoms with Crippen LogP contribution in [0.4, 0.5) is 5.69 Å². The van der Waals surface area contributed by atoms with E-state index < -0.39 is 0 Å². The first-order chi connectivity index (χ1) is 15.0. The number of aromatic nitrogens is 2. The van der Waals surface area contributed by atoms with Crippen LogP contribution in [0.5, 0.6) is 5.75 Å². The van der Waals surface area contributed by atoms with Gasteiger partial charge in [-0.05, 0) is 43.2 Å². The van der Waals surface area contributed by atoms with Crippen molar-refractivity contribution in [1.82, 2.24) is 9.56 Å². The molecule has 0 radical (unpaired) electrons. The molecule has 0 bridgehead atoms. The molecule has 4 rings (SSSR count). The quantitative estimate of drug-likeness (QED) is 0.479. The highest BCUT2D eigenvalue weighted by atomic mass is 16.5. The minimum atomic E-state index is -0.319. The number of anilines is 1. The number of rotatable bonds is 6. The van der Waals surface area contributed by atoms with Crippen LogP contribution in [0.15, 0.2) is 76.1 Å². The van der Waals surface area contributed by atoms with Crippen molar-refractivity contribution in [1.29, 1.82) is 0 Å². The lowest BCUT2D eigenvalue weighted by atomic mass is 10.2. The van der Waals surface area contributed by atoms with E-state index in [2.05, 4.69) is 10.3 Å². The molecule has 0 aliphatic carbocycles. The standard InChI is InChI=1S/C24H21N3O4/c1-16-8-10-20(26-23(28)11-9-18-6-4-3-5-7-18)21(12-16)30-15-19-14-24(29)27-22(25-19)13-17(2)31-27/h3-14H,15H2,1-2H3,(H,26,28)/b11-9+. The van der Waals surface area contributed by atoms with Crippen molar-refractivity contribution in [3.8, 4) is 5.75 Å². The Hall–Kier alpha value is -4.13. The van der Waals surface area contributed by atoms with Gasteiger partial charge in [-0.2, -0.15) is 0 Å². The van der Waals surface area contributed by atoms with E-state index in [4.69, 9.17) is 9.26 Å². The average Bonchev–Trinajstić information content (AvgIpc) is 3.14. The van der Waals surface area contributed by atoms with Crippen molar-refractivity contribution in [2.75, 3.05) is 5.32 Å². The van der Waals surface area contributed by atoms with Gasteiger partial charge >= 0.3 is 0 Å². The summed E-state index contributed by atoms with van der Waals surface area (Å²) in [6.45, 7) is 3.75. The molecule has 7 heteroatoms. The van der Waals surface area contributed by atoms with E-state index in [9.17, 15) is 9.59 Å². The molecular formula is C24H21N3O4. The molecular weight excluding hydrogens is 394 g/mol. The van der Waals surface area contributed by atoms with Crippen LogP contribution in [0.3, 0.4) is 0 Å². The Morgan fingerprint density at radius 1 is 1.13 bits per heavy atom. The van der Waals surface area contributed by atoms with E-state index in [-0.39, 0.29) is 18.1 Å². The average molecular weight is 415 g/mol. The molecule has 0 saturated heterocycles. The van der Waals surface area contributed by atoms with Crippen molar-refractivity contribution >= 4 is 23.3 Å². The highest BCUT2D eigenvalue weighted by molar-refractivity contribution is 6.02. The van der Waals surface area contributed by atoms with E-state index in [0.717, 1.165) is 15.7 Å². The normalized spacial score (nSPS) is 11.2. The minimum Gasteiger partial charge on any atom is -0.485 e. The fraction of sp³-hybridized carbons (Fsp3) is 0.125. The van der Waals surface area contributed by atoms with E-state index in [1.165, 1.54) is 12.1 Å². The molecule has 0 atom stereocenters. The predicted molar refractivity (Wildman–Crippen MR) is 118 cm³/mol. The Morgan fingerprint density at radius 2 is 1.94 bits per heavy atom. The van der Waals surface area contributed by atoms with Crippen molar-refractivity contribution in [2.24, 2.45) is 0 Å². The largest absolute Gasteiger partial charge is 0.485 e. The third-order valence-electron chi connectivity index (χ3n) is 4.52. The van der Waals surface area contributed by atoms with Crippen LogP contribution >= 0.6 is 0 Å². The van der Waals surface area contributed by atoms with Crippen LogP contribution in [0.2, 0.25) is 0 Å². The molecule has 0 aliphatic heterocycles. The van der Waals surface area contributed by atoms with Crippen LogP contribution in [0.1, 0.15) is 22.6 Å². The Bertz CT molecular complexity index is 1320. The predicted octanol–water partition coefficient (Wildman–Crippen LogP) is 4.14. The summed E-state index contributed by atoms with van der Waals surface area (Å²) < 4.78 is 12.3. The lowest BCUT2D eigenvalue weighted by Crippen LogP contribution is -2.15. The first-order valence-corrected chi connectivity index (χ1v) is 9.75. The van der Waals surface area contributed by atoms with Gasteiger partial charge in [0.1, 0.15) is 18.1 Å². The second kappa shape index (κ2) is 8.71. The zero-order chi connectivity index (χ0) is 21.8. The van der Waals surface area contributed by atoms with Gasteiger partial charge in [0, 0.05) is 18.2 Å². The molecule has 7 nitrogen and oxygen atoms in total. The summed E-state index contributed by atoms with van der Waals surface area (Å²) in [5.74, 6) is 0.811. The van der Waals surface area contributed by atoms with E-state index in [1.807, 2.05) is 49.4 Å².